The summed E-state index contributed by atoms with van der Waals surface area (Å²) in [5.74, 6) is 0. The summed E-state index contributed by atoms with van der Waals surface area (Å²) < 4.78 is 0. The molecule has 0 unspecified atom stereocenters. The van der Waals surface area contributed by atoms with Crippen molar-refractivity contribution in [1.29, 1.82) is 0 Å². The van der Waals surface area contributed by atoms with E-state index in [4.69, 9.17) is 11.6 Å². The minimum Gasteiger partial charge on any atom is -0.316 e. The fourth-order valence-electron chi connectivity index (χ4n) is 1.31. The predicted molar refractivity (Wildman–Crippen MR) is 68.3 cm³/mol. The Morgan fingerprint density at radius 1 is 1.27 bits per heavy atom. The van der Waals surface area contributed by atoms with E-state index in [9.17, 15) is 0 Å². The highest BCUT2D eigenvalue weighted by Gasteiger charge is 1.92. The Balaban J connectivity index is 2.29. The van der Waals surface area contributed by atoms with Gasteiger partial charge in [-0.25, -0.2) is 0 Å². The van der Waals surface area contributed by atoms with E-state index in [0.717, 1.165) is 30.1 Å². The monoisotopic (exact) mass is 223 g/mol. The van der Waals surface area contributed by atoms with Gasteiger partial charge in [0.1, 0.15) is 0 Å². The third kappa shape index (κ3) is 5.01. The Morgan fingerprint density at radius 3 is 2.80 bits per heavy atom. The predicted octanol–water partition coefficient (Wildman–Crippen LogP) is 3.74. The quantitative estimate of drug-likeness (QED) is 0.725. The van der Waals surface area contributed by atoms with Crippen molar-refractivity contribution >= 4 is 17.7 Å². The first-order valence-electron chi connectivity index (χ1n) is 5.46. The number of nitrogens with one attached hydrogen (secondary N) is 1. The van der Waals surface area contributed by atoms with Crippen LogP contribution < -0.4 is 5.32 Å². The van der Waals surface area contributed by atoms with E-state index in [-0.39, 0.29) is 0 Å². The zero-order valence-electron chi connectivity index (χ0n) is 9.17. The van der Waals surface area contributed by atoms with E-state index in [1.807, 2.05) is 24.3 Å². The van der Waals surface area contributed by atoms with E-state index < -0.39 is 0 Å². The third-order valence-corrected chi connectivity index (χ3v) is 2.46. The molecule has 0 spiro atoms. The summed E-state index contributed by atoms with van der Waals surface area (Å²) in [6.45, 7) is 4.31. The maximum Gasteiger partial charge on any atom is 0.0478 e. The summed E-state index contributed by atoms with van der Waals surface area (Å²) in [7, 11) is 0. The Labute approximate surface area is 97.1 Å². The first kappa shape index (κ1) is 12.3. The highest BCUT2D eigenvalue weighted by molar-refractivity contribution is 6.32. The van der Waals surface area contributed by atoms with Crippen LogP contribution in [0.15, 0.2) is 30.3 Å². The van der Waals surface area contributed by atoms with Gasteiger partial charge in [-0.15, -0.1) is 0 Å². The second kappa shape index (κ2) is 7.49. The van der Waals surface area contributed by atoms with Crippen molar-refractivity contribution < 1.29 is 0 Å². The standard InChI is InChI=1S/C13H18ClN/c1-2-10-15-11-6-5-8-12-7-3-4-9-13(12)14/h3-5,7-9,15H,2,6,10-11H2,1H3. The van der Waals surface area contributed by atoms with E-state index in [1.165, 1.54) is 6.42 Å². The largest absolute Gasteiger partial charge is 0.316 e. The SMILES string of the molecule is CCCNCCC=Cc1ccccc1Cl. The fourth-order valence-corrected chi connectivity index (χ4v) is 1.51. The number of benzene rings is 1. The van der Waals surface area contributed by atoms with Gasteiger partial charge in [0, 0.05) is 5.02 Å². The van der Waals surface area contributed by atoms with E-state index in [2.05, 4.69) is 24.4 Å². The summed E-state index contributed by atoms with van der Waals surface area (Å²) in [6.07, 6.45) is 6.47. The third-order valence-electron chi connectivity index (χ3n) is 2.12. The van der Waals surface area contributed by atoms with Gasteiger partial charge in [-0.3, -0.25) is 0 Å². The van der Waals surface area contributed by atoms with Gasteiger partial charge in [-0.1, -0.05) is 48.9 Å². The van der Waals surface area contributed by atoms with Crippen LogP contribution in [-0.2, 0) is 0 Å². The maximum absolute atomic E-state index is 6.02. The van der Waals surface area contributed by atoms with Crippen LogP contribution in [0.2, 0.25) is 5.02 Å². The van der Waals surface area contributed by atoms with Gasteiger partial charge < -0.3 is 5.32 Å². The Kier molecular flexibility index (Phi) is 6.14. The van der Waals surface area contributed by atoms with Gasteiger partial charge in [-0.2, -0.15) is 0 Å². The molecule has 0 heterocycles. The second-order valence-corrected chi connectivity index (χ2v) is 3.87. The van der Waals surface area contributed by atoms with Gasteiger partial charge in [0.05, 0.1) is 0 Å². The van der Waals surface area contributed by atoms with Crippen molar-refractivity contribution in [2.75, 3.05) is 13.1 Å². The van der Waals surface area contributed by atoms with Crippen LogP contribution in [0.3, 0.4) is 0 Å². The van der Waals surface area contributed by atoms with E-state index in [0.29, 0.717) is 0 Å². The molecule has 0 aliphatic rings. The molecule has 0 radical (unpaired) electrons. The van der Waals surface area contributed by atoms with Crippen LogP contribution in [0.25, 0.3) is 6.08 Å². The van der Waals surface area contributed by atoms with Crippen LogP contribution >= 0.6 is 11.6 Å². The lowest BCUT2D eigenvalue weighted by Crippen LogP contribution is -2.14. The molecule has 1 aromatic carbocycles. The molecule has 0 fully saturated rings. The highest BCUT2D eigenvalue weighted by Crippen LogP contribution is 2.16. The van der Waals surface area contributed by atoms with Crippen molar-refractivity contribution in [3.63, 3.8) is 0 Å². The summed E-state index contributed by atoms with van der Waals surface area (Å²) in [5, 5.41) is 4.17. The van der Waals surface area contributed by atoms with Crippen molar-refractivity contribution in [2.45, 2.75) is 19.8 Å². The minimum absolute atomic E-state index is 0.815. The van der Waals surface area contributed by atoms with Crippen LogP contribution in [-0.4, -0.2) is 13.1 Å². The van der Waals surface area contributed by atoms with E-state index >= 15 is 0 Å². The first-order chi connectivity index (χ1) is 7.34. The number of hydrogen-bond donors (Lipinski definition) is 1. The molecule has 0 aliphatic heterocycles. The molecule has 0 saturated heterocycles. The van der Waals surface area contributed by atoms with Crippen molar-refractivity contribution in [3.8, 4) is 0 Å². The number of halogens is 1. The lowest BCUT2D eigenvalue weighted by molar-refractivity contribution is 0.679. The average molecular weight is 224 g/mol. The molecule has 0 aliphatic carbocycles. The smallest absolute Gasteiger partial charge is 0.0478 e. The first-order valence-corrected chi connectivity index (χ1v) is 5.84. The molecule has 0 saturated carbocycles. The average Bonchev–Trinajstić information content (AvgIpc) is 2.25. The number of rotatable bonds is 6. The van der Waals surface area contributed by atoms with Crippen molar-refractivity contribution in [1.82, 2.24) is 5.32 Å². The summed E-state index contributed by atoms with van der Waals surface area (Å²) >= 11 is 6.02. The molecule has 1 N–H and O–H groups in total. The minimum atomic E-state index is 0.815. The van der Waals surface area contributed by atoms with E-state index in [1.54, 1.807) is 0 Å². The Hall–Kier alpha value is -0.790. The van der Waals surface area contributed by atoms with Gasteiger partial charge in [0.15, 0.2) is 0 Å². The molecule has 1 aromatic rings. The summed E-state index contributed by atoms with van der Waals surface area (Å²) in [6, 6.07) is 7.89. The number of hydrogen-bond acceptors (Lipinski definition) is 1. The Morgan fingerprint density at radius 2 is 2.07 bits per heavy atom. The molecule has 2 heteroatoms. The lowest BCUT2D eigenvalue weighted by atomic mass is 10.2. The normalized spacial score (nSPS) is 11.1. The summed E-state index contributed by atoms with van der Waals surface area (Å²) in [5.41, 5.74) is 1.09. The highest BCUT2D eigenvalue weighted by atomic mass is 35.5. The summed E-state index contributed by atoms with van der Waals surface area (Å²) in [4.78, 5) is 0. The van der Waals surface area contributed by atoms with Crippen LogP contribution in [0.4, 0.5) is 0 Å². The molecular weight excluding hydrogens is 206 g/mol. The molecule has 15 heavy (non-hydrogen) atoms. The van der Waals surface area contributed by atoms with Gasteiger partial charge in [0.25, 0.3) is 0 Å². The molecule has 1 rings (SSSR count). The molecule has 0 aromatic heterocycles. The molecule has 0 amide bonds. The van der Waals surface area contributed by atoms with Crippen LogP contribution in [0.5, 0.6) is 0 Å². The second-order valence-electron chi connectivity index (χ2n) is 3.46. The van der Waals surface area contributed by atoms with Gasteiger partial charge >= 0.3 is 0 Å². The Bertz CT molecular complexity index is 307. The molecule has 0 bridgehead atoms. The zero-order chi connectivity index (χ0) is 10.9. The fraction of sp³-hybridized carbons (Fsp3) is 0.385. The van der Waals surface area contributed by atoms with Crippen molar-refractivity contribution in [2.24, 2.45) is 0 Å². The zero-order valence-corrected chi connectivity index (χ0v) is 9.93. The van der Waals surface area contributed by atoms with Gasteiger partial charge in [0.2, 0.25) is 0 Å². The molecule has 82 valence electrons. The lowest BCUT2D eigenvalue weighted by Gasteiger charge is -1.99. The van der Waals surface area contributed by atoms with Crippen LogP contribution in [0, 0.1) is 0 Å². The molecule has 1 nitrogen and oxygen atoms in total. The molecule has 0 atom stereocenters. The van der Waals surface area contributed by atoms with Crippen LogP contribution in [0.1, 0.15) is 25.3 Å². The molecular formula is C13H18ClN. The maximum atomic E-state index is 6.02. The topological polar surface area (TPSA) is 12.0 Å². The van der Waals surface area contributed by atoms with Crippen molar-refractivity contribution in [3.05, 3.63) is 40.9 Å². The van der Waals surface area contributed by atoms with Gasteiger partial charge in [-0.05, 0) is 37.6 Å².